The number of hydrogen-bond acceptors (Lipinski definition) is 4. The number of anilines is 1. The highest BCUT2D eigenvalue weighted by atomic mass is 35.5. The molecule has 5 nitrogen and oxygen atoms in total. The Morgan fingerprint density at radius 3 is 2.62 bits per heavy atom. The van der Waals surface area contributed by atoms with Gasteiger partial charge in [-0.05, 0) is 42.0 Å². The number of methoxy groups -OCH3 is 1. The summed E-state index contributed by atoms with van der Waals surface area (Å²) < 4.78 is 10.3. The Kier molecular flexibility index (Phi) is 4.64. The molecule has 6 heteroatoms. The van der Waals surface area contributed by atoms with Crippen molar-refractivity contribution in [2.75, 3.05) is 12.4 Å². The van der Waals surface area contributed by atoms with Gasteiger partial charge >= 0.3 is 5.63 Å². The smallest absolute Gasteiger partial charge is 0.336 e. The van der Waals surface area contributed by atoms with Gasteiger partial charge in [0.05, 0.1) is 6.61 Å². The van der Waals surface area contributed by atoms with Crippen LogP contribution in [-0.2, 0) is 11.3 Å². The average Bonchev–Trinajstić information content (AvgIpc) is 2.55. The third-order valence-corrected chi connectivity index (χ3v) is 3.75. The lowest BCUT2D eigenvalue weighted by atomic mass is 10.1. The third kappa shape index (κ3) is 3.48. The number of hydrogen-bond donors (Lipinski definition) is 1. The van der Waals surface area contributed by atoms with Crippen molar-refractivity contribution in [3.05, 3.63) is 75.1 Å². The number of benzene rings is 2. The Morgan fingerprint density at radius 1 is 1.17 bits per heavy atom. The topological polar surface area (TPSA) is 68.5 Å². The first-order valence-corrected chi connectivity index (χ1v) is 7.57. The highest BCUT2D eigenvalue weighted by Gasteiger charge is 2.09. The van der Waals surface area contributed by atoms with Crippen LogP contribution in [0.1, 0.15) is 15.9 Å². The van der Waals surface area contributed by atoms with E-state index in [4.69, 9.17) is 20.8 Å². The molecule has 2 aromatic carbocycles. The fourth-order valence-electron chi connectivity index (χ4n) is 2.39. The number of amides is 1. The van der Waals surface area contributed by atoms with Crippen molar-refractivity contribution in [3.63, 3.8) is 0 Å². The SMILES string of the molecule is COCc1cc(=O)oc2cc(NC(=O)c3ccc(Cl)cc3)ccc12. The molecule has 122 valence electrons. The number of rotatable bonds is 4. The molecule has 0 saturated heterocycles. The van der Waals surface area contributed by atoms with E-state index in [2.05, 4.69) is 5.32 Å². The Labute approximate surface area is 142 Å². The molecular formula is C18H14ClNO4. The van der Waals surface area contributed by atoms with Crippen molar-refractivity contribution in [3.8, 4) is 0 Å². The molecule has 0 aliphatic carbocycles. The van der Waals surface area contributed by atoms with E-state index >= 15 is 0 Å². The van der Waals surface area contributed by atoms with Gasteiger partial charge in [0.2, 0.25) is 0 Å². The molecule has 3 rings (SSSR count). The van der Waals surface area contributed by atoms with E-state index in [0.717, 1.165) is 10.9 Å². The molecule has 0 spiro atoms. The Hall–Kier alpha value is -2.63. The van der Waals surface area contributed by atoms with E-state index in [1.165, 1.54) is 6.07 Å². The van der Waals surface area contributed by atoms with E-state index in [0.29, 0.717) is 28.5 Å². The van der Waals surface area contributed by atoms with Crippen LogP contribution >= 0.6 is 11.6 Å². The van der Waals surface area contributed by atoms with Gasteiger partial charge in [-0.2, -0.15) is 0 Å². The first-order chi connectivity index (χ1) is 11.6. The zero-order valence-corrected chi connectivity index (χ0v) is 13.6. The van der Waals surface area contributed by atoms with Gasteiger partial charge in [0.1, 0.15) is 5.58 Å². The van der Waals surface area contributed by atoms with Crippen LogP contribution in [0, 0.1) is 0 Å². The van der Waals surface area contributed by atoms with Crippen molar-refractivity contribution in [1.29, 1.82) is 0 Å². The fraction of sp³-hybridized carbons (Fsp3) is 0.111. The van der Waals surface area contributed by atoms with Gasteiger partial charge in [-0.15, -0.1) is 0 Å². The number of carbonyl (C=O) groups excluding carboxylic acids is 1. The van der Waals surface area contributed by atoms with Crippen molar-refractivity contribution in [2.24, 2.45) is 0 Å². The molecular weight excluding hydrogens is 330 g/mol. The lowest BCUT2D eigenvalue weighted by molar-refractivity contribution is 0.102. The molecule has 0 atom stereocenters. The summed E-state index contributed by atoms with van der Waals surface area (Å²) in [7, 11) is 1.56. The van der Waals surface area contributed by atoms with E-state index in [1.807, 2.05) is 0 Å². The van der Waals surface area contributed by atoms with Gasteiger partial charge in [-0.25, -0.2) is 4.79 Å². The summed E-state index contributed by atoms with van der Waals surface area (Å²) >= 11 is 5.81. The largest absolute Gasteiger partial charge is 0.423 e. The molecule has 0 radical (unpaired) electrons. The van der Waals surface area contributed by atoms with Gasteiger partial charge in [-0.3, -0.25) is 4.79 Å². The Bertz CT molecular complexity index is 947. The van der Waals surface area contributed by atoms with Gasteiger partial charge in [0, 0.05) is 40.9 Å². The molecule has 0 bridgehead atoms. The summed E-state index contributed by atoms with van der Waals surface area (Å²) in [6.45, 7) is 0.304. The van der Waals surface area contributed by atoms with E-state index in [1.54, 1.807) is 49.6 Å². The highest BCUT2D eigenvalue weighted by molar-refractivity contribution is 6.30. The summed E-state index contributed by atoms with van der Waals surface area (Å²) in [4.78, 5) is 23.9. The molecule has 0 saturated carbocycles. The standard InChI is InChI=1S/C18H14ClNO4/c1-23-10-12-8-17(21)24-16-9-14(6-7-15(12)16)20-18(22)11-2-4-13(19)5-3-11/h2-9H,10H2,1H3,(H,20,22). The van der Waals surface area contributed by atoms with Crippen LogP contribution in [0.3, 0.4) is 0 Å². The minimum Gasteiger partial charge on any atom is -0.423 e. The second-order valence-corrected chi connectivity index (χ2v) is 5.63. The van der Waals surface area contributed by atoms with Crippen LogP contribution in [0.15, 0.2) is 57.7 Å². The number of carbonyl (C=O) groups is 1. The number of ether oxygens (including phenoxy) is 1. The number of halogens is 1. The summed E-state index contributed by atoms with van der Waals surface area (Å²) in [5.41, 5.74) is 1.67. The van der Waals surface area contributed by atoms with E-state index in [9.17, 15) is 9.59 Å². The molecule has 0 aliphatic heterocycles. The van der Waals surface area contributed by atoms with E-state index in [-0.39, 0.29) is 5.91 Å². The number of fused-ring (bicyclic) bond motifs is 1. The summed E-state index contributed by atoms with van der Waals surface area (Å²) in [6, 6.07) is 13.1. The number of nitrogens with one attached hydrogen (secondary N) is 1. The summed E-state index contributed by atoms with van der Waals surface area (Å²) in [5.74, 6) is -0.276. The second-order valence-electron chi connectivity index (χ2n) is 5.20. The maximum atomic E-state index is 12.2. The van der Waals surface area contributed by atoms with Crippen LogP contribution < -0.4 is 10.9 Å². The van der Waals surface area contributed by atoms with Crippen molar-refractivity contribution in [2.45, 2.75) is 6.61 Å². The normalized spacial score (nSPS) is 10.8. The van der Waals surface area contributed by atoms with Crippen molar-refractivity contribution in [1.82, 2.24) is 0 Å². The molecule has 1 N–H and O–H groups in total. The first kappa shape index (κ1) is 16.2. The maximum absolute atomic E-state index is 12.2. The van der Waals surface area contributed by atoms with Crippen LogP contribution in [0.2, 0.25) is 5.02 Å². The Morgan fingerprint density at radius 2 is 1.92 bits per heavy atom. The molecule has 3 aromatic rings. The predicted molar refractivity (Wildman–Crippen MR) is 92.6 cm³/mol. The van der Waals surface area contributed by atoms with Crippen LogP contribution in [0.4, 0.5) is 5.69 Å². The van der Waals surface area contributed by atoms with Crippen molar-refractivity contribution < 1.29 is 13.9 Å². The molecule has 1 amide bonds. The fourth-order valence-corrected chi connectivity index (χ4v) is 2.51. The Balaban J connectivity index is 1.92. The predicted octanol–water partition coefficient (Wildman–Crippen LogP) is 3.85. The zero-order valence-electron chi connectivity index (χ0n) is 12.8. The van der Waals surface area contributed by atoms with Crippen molar-refractivity contribution >= 4 is 34.2 Å². The van der Waals surface area contributed by atoms with Gasteiger partial charge in [-0.1, -0.05) is 11.6 Å². The zero-order chi connectivity index (χ0) is 17.1. The average molecular weight is 344 g/mol. The highest BCUT2D eigenvalue weighted by Crippen LogP contribution is 2.22. The minimum atomic E-state index is -0.462. The van der Waals surface area contributed by atoms with Gasteiger partial charge in [0.15, 0.2) is 0 Å². The minimum absolute atomic E-state index is 0.276. The van der Waals surface area contributed by atoms with E-state index < -0.39 is 5.63 Å². The van der Waals surface area contributed by atoms with Gasteiger partial charge < -0.3 is 14.5 Å². The first-order valence-electron chi connectivity index (χ1n) is 7.19. The molecule has 1 heterocycles. The maximum Gasteiger partial charge on any atom is 0.336 e. The summed E-state index contributed by atoms with van der Waals surface area (Å²) in [6.07, 6.45) is 0. The second kappa shape index (κ2) is 6.86. The molecule has 24 heavy (non-hydrogen) atoms. The molecule has 1 aromatic heterocycles. The lowest BCUT2D eigenvalue weighted by Gasteiger charge is -2.08. The third-order valence-electron chi connectivity index (χ3n) is 3.49. The van der Waals surface area contributed by atoms with Crippen LogP contribution in [-0.4, -0.2) is 13.0 Å². The van der Waals surface area contributed by atoms with Gasteiger partial charge in [0.25, 0.3) is 5.91 Å². The van der Waals surface area contributed by atoms with Crippen LogP contribution in [0.25, 0.3) is 11.0 Å². The molecule has 0 fully saturated rings. The summed E-state index contributed by atoms with van der Waals surface area (Å²) in [5, 5.41) is 4.09. The monoisotopic (exact) mass is 343 g/mol. The molecule has 0 unspecified atom stereocenters. The quantitative estimate of drug-likeness (QED) is 0.731. The lowest BCUT2D eigenvalue weighted by Crippen LogP contribution is -2.11. The molecule has 0 aliphatic rings. The van der Waals surface area contributed by atoms with Crippen LogP contribution in [0.5, 0.6) is 0 Å².